The van der Waals surface area contributed by atoms with E-state index >= 15 is 0 Å². The van der Waals surface area contributed by atoms with Crippen LogP contribution in [-0.4, -0.2) is 59.2 Å². The Bertz CT molecular complexity index is 10.4. The number of hydrogen-bond acceptors (Lipinski definition) is 0. The molecule has 53 valence electrons. The Kier molecular flexibility index (Phi) is 3680. The Labute approximate surface area is 73.2 Å². The van der Waals surface area contributed by atoms with Crippen LogP contribution in [-0.2, 0) is 0 Å². The van der Waals surface area contributed by atoms with Gasteiger partial charge in [0.25, 0.3) is 14.5 Å². The second-order valence-electron chi connectivity index (χ2n) is 0. The largest absolute Gasteiger partial charge is 0.412 e. The number of halogens is 1. The van der Waals surface area contributed by atoms with Gasteiger partial charge in [-0.25, -0.2) is 0 Å². The minimum atomic E-state index is 0. The maximum Gasteiger partial charge on any atom is 0.250 e. The molecule has 0 aromatic carbocycles. The summed E-state index contributed by atoms with van der Waals surface area (Å²) < 4.78 is 0. The molecule has 0 heterocycles. The molecule has 0 atom stereocenters. The van der Waals surface area contributed by atoms with Crippen LogP contribution in [0.5, 0.6) is 0 Å². The number of rotatable bonds is 0. The zero-order chi connectivity index (χ0) is 2.00. The highest BCUT2D eigenvalue weighted by molar-refractivity contribution is 9.22. The molecule has 8 heavy (non-hydrogen) atoms. The summed E-state index contributed by atoms with van der Waals surface area (Å²) in [7, 11) is 0. The Morgan fingerprint density at radius 1 is 0.625 bits per heavy atom. The highest BCUT2D eigenvalue weighted by atomic mass is 79.9. The highest BCUT2D eigenvalue weighted by Crippen LogP contribution is 1.41. The SMILES string of the molecule is O.O.O.O.O.[Al].[Al][Br]. The zero-order valence-electron chi connectivity index (χ0n) is 4.03. The van der Waals surface area contributed by atoms with Crippen LogP contribution in [0.4, 0.5) is 0 Å². The van der Waals surface area contributed by atoms with E-state index in [9.17, 15) is 0 Å². The van der Waals surface area contributed by atoms with Gasteiger partial charge in [-0.15, -0.1) is 0 Å². The first-order chi connectivity index (χ1) is 1.00. The van der Waals surface area contributed by atoms with E-state index in [-0.39, 0.29) is 44.7 Å². The summed E-state index contributed by atoms with van der Waals surface area (Å²) >= 11 is 5.08. The van der Waals surface area contributed by atoms with Crippen LogP contribution >= 0.6 is 14.1 Å². The molecule has 0 fully saturated rings. The molecule has 0 amide bonds. The quantitative estimate of drug-likeness (QED) is 0.367. The molecule has 0 aliphatic heterocycles. The third-order valence-electron chi connectivity index (χ3n) is 0. The van der Waals surface area contributed by atoms with Gasteiger partial charge in [0.15, 0.2) is 0 Å². The van der Waals surface area contributed by atoms with Crippen LogP contribution in [0.2, 0.25) is 0 Å². The summed E-state index contributed by atoms with van der Waals surface area (Å²) in [5.41, 5.74) is 0. The summed E-state index contributed by atoms with van der Waals surface area (Å²) in [6.45, 7) is 0. The van der Waals surface area contributed by atoms with Gasteiger partial charge in [-0.05, 0) is 0 Å². The fourth-order valence-electron chi connectivity index (χ4n) is 0. The molecule has 0 rings (SSSR count). The predicted octanol–water partition coefficient (Wildman–Crippen LogP) is -4.04. The van der Waals surface area contributed by atoms with Crippen molar-refractivity contribution in [3.05, 3.63) is 0 Å². The van der Waals surface area contributed by atoms with Crippen LogP contribution in [0, 0.1) is 0 Å². The highest BCUT2D eigenvalue weighted by Gasteiger charge is 1.03. The average molecular weight is 224 g/mol. The van der Waals surface area contributed by atoms with Gasteiger partial charge in [-0.3, -0.25) is 14.1 Å². The predicted molar refractivity (Wildman–Crippen MR) is 38.5 cm³/mol. The van der Waals surface area contributed by atoms with Crippen LogP contribution < -0.4 is 0 Å². The van der Waals surface area contributed by atoms with Crippen molar-refractivity contribution in [2.24, 2.45) is 0 Å². The smallest absolute Gasteiger partial charge is 0.250 e. The standard InChI is InChI=1S/2Al.BrH.5H2O/h;;1H;5*1H2/q;+1;;;;;;/p-1. The molecule has 5 nitrogen and oxygen atoms in total. The van der Waals surface area contributed by atoms with E-state index in [1.807, 2.05) is 0 Å². The fourth-order valence-corrected chi connectivity index (χ4v) is 0. The van der Waals surface area contributed by atoms with E-state index in [4.69, 9.17) is 0 Å². The first kappa shape index (κ1) is 118. The Morgan fingerprint density at radius 3 is 0.625 bits per heavy atom. The summed E-state index contributed by atoms with van der Waals surface area (Å²) in [5.74, 6) is 0. The van der Waals surface area contributed by atoms with Crippen molar-refractivity contribution < 1.29 is 27.4 Å². The van der Waals surface area contributed by atoms with E-state index in [0.717, 1.165) is 0 Å². The van der Waals surface area contributed by atoms with Crippen molar-refractivity contribution in [3.63, 3.8) is 0 Å². The minimum Gasteiger partial charge on any atom is -0.412 e. The fraction of sp³-hybridized carbons (Fsp3) is 0. The Morgan fingerprint density at radius 2 is 0.625 bits per heavy atom. The second-order valence-corrected chi connectivity index (χ2v) is 0. The van der Waals surface area contributed by atoms with Gasteiger partial charge in [0, 0.05) is 17.4 Å². The third-order valence-corrected chi connectivity index (χ3v) is 0. The average Bonchev–Trinajstić information content (AvgIpc) is 1.00. The molecule has 0 bridgehead atoms. The zero-order valence-corrected chi connectivity index (χ0v) is 7.93. The lowest BCUT2D eigenvalue weighted by atomic mass is 16.0. The van der Waals surface area contributed by atoms with Crippen LogP contribution in [0.15, 0.2) is 0 Å². The molecule has 0 unspecified atom stereocenters. The maximum absolute atomic E-state index is 2.85. The second kappa shape index (κ2) is 249. The van der Waals surface area contributed by atoms with Gasteiger partial charge in [0.1, 0.15) is 0 Å². The van der Waals surface area contributed by atoms with Crippen LogP contribution in [0.3, 0.4) is 0 Å². The van der Waals surface area contributed by atoms with Gasteiger partial charge in [-0.2, -0.15) is 0 Å². The van der Waals surface area contributed by atoms with Crippen molar-refractivity contribution in [2.75, 3.05) is 0 Å². The van der Waals surface area contributed by atoms with Crippen molar-refractivity contribution in [2.45, 2.75) is 0 Å². The molecule has 0 aromatic rings. The Hall–Kier alpha value is 1.34. The molecule has 0 saturated carbocycles. The van der Waals surface area contributed by atoms with Gasteiger partial charge < -0.3 is 27.4 Å². The topological polar surface area (TPSA) is 158 Å². The molecule has 0 aliphatic rings. The van der Waals surface area contributed by atoms with Gasteiger partial charge in [-0.1, -0.05) is 0 Å². The molecule has 0 saturated heterocycles. The molecule has 0 spiro atoms. The normalized spacial score (nSPS) is 0.625. The van der Waals surface area contributed by atoms with E-state index in [0.29, 0.717) is 0 Å². The van der Waals surface area contributed by atoms with Crippen molar-refractivity contribution in [1.82, 2.24) is 0 Å². The first-order valence-electron chi connectivity index (χ1n) is 0.218. The van der Waals surface area contributed by atoms with Gasteiger partial charge >= 0.3 is 0 Å². The molecule has 8 heteroatoms. The van der Waals surface area contributed by atoms with Crippen LogP contribution in [0.1, 0.15) is 0 Å². The summed E-state index contributed by atoms with van der Waals surface area (Å²) in [5, 5.41) is 0. The van der Waals surface area contributed by atoms with Crippen molar-refractivity contribution in [1.29, 1.82) is 0 Å². The van der Waals surface area contributed by atoms with E-state index in [1.165, 1.54) is 0 Å². The lowest BCUT2D eigenvalue weighted by molar-refractivity contribution is 0.823. The molecule has 0 aromatic heterocycles. The van der Waals surface area contributed by atoms with E-state index < -0.39 is 0 Å². The third kappa shape index (κ3) is 163. The monoisotopic (exact) mass is 223 g/mol. The molecule has 5 radical (unpaired) electrons. The van der Waals surface area contributed by atoms with Gasteiger partial charge in [0.05, 0.1) is 0 Å². The molecular weight excluding hydrogens is 214 g/mol. The lowest BCUT2D eigenvalue weighted by Crippen LogP contribution is -0.941. The summed E-state index contributed by atoms with van der Waals surface area (Å²) in [4.78, 5) is 0. The molecule has 10 N–H and O–H groups in total. The minimum absolute atomic E-state index is 0. The van der Waals surface area contributed by atoms with E-state index in [1.54, 1.807) is 0 Å². The van der Waals surface area contributed by atoms with Crippen molar-refractivity contribution in [3.8, 4) is 0 Å². The van der Waals surface area contributed by atoms with Crippen LogP contribution in [0.25, 0.3) is 0 Å². The first-order valence-corrected chi connectivity index (χ1v) is 3.40. The number of hydrogen-bond donors (Lipinski definition) is 0. The lowest BCUT2D eigenvalue weighted by Gasteiger charge is -1.03. The van der Waals surface area contributed by atoms with Crippen molar-refractivity contribution >= 4 is 45.9 Å². The summed E-state index contributed by atoms with van der Waals surface area (Å²) in [6, 6.07) is 0. The van der Waals surface area contributed by atoms with E-state index in [2.05, 4.69) is 28.5 Å². The Balaban J connectivity index is -0.000000000333. The molecule has 0 aliphatic carbocycles. The summed E-state index contributed by atoms with van der Waals surface area (Å²) in [6.07, 6.45) is 0. The maximum atomic E-state index is 2.85. The van der Waals surface area contributed by atoms with Gasteiger partial charge in [0.2, 0.25) is 0 Å². The molecular formula is H10Al2BrO5.